The van der Waals surface area contributed by atoms with Crippen molar-refractivity contribution >= 4 is 17.5 Å². The summed E-state index contributed by atoms with van der Waals surface area (Å²) in [7, 11) is 0. The third-order valence-corrected chi connectivity index (χ3v) is 3.97. The Morgan fingerprint density at radius 2 is 1.92 bits per heavy atom. The van der Waals surface area contributed by atoms with Crippen molar-refractivity contribution in [3.8, 4) is 0 Å². The van der Waals surface area contributed by atoms with Gasteiger partial charge in [0.2, 0.25) is 11.8 Å². The number of hydrogen-bond acceptors (Lipinski definition) is 3. The van der Waals surface area contributed by atoms with Crippen molar-refractivity contribution in [2.75, 3.05) is 5.32 Å². The summed E-state index contributed by atoms with van der Waals surface area (Å²) in [4.78, 5) is 28.6. The van der Waals surface area contributed by atoms with Gasteiger partial charge in [0.25, 0.3) is 0 Å². The molecule has 1 aromatic heterocycles. The van der Waals surface area contributed by atoms with Crippen LogP contribution in [0.4, 0.5) is 14.5 Å². The lowest BCUT2D eigenvalue weighted by molar-refractivity contribution is -0.134. The molecule has 0 atom stereocenters. The number of carbonyl (C=O) groups excluding carboxylic acids is 2. The Bertz CT molecular complexity index is 777. The van der Waals surface area contributed by atoms with Crippen molar-refractivity contribution in [3.63, 3.8) is 0 Å². The van der Waals surface area contributed by atoms with Crippen LogP contribution < -0.4 is 10.6 Å². The quantitative estimate of drug-likeness (QED) is 0.827. The van der Waals surface area contributed by atoms with Crippen LogP contribution in [-0.2, 0) is 16.1 Å². The van der Waals surface area contributed by atoms with E-state index in [0.717, 1.165) is 17.7 Å². The second-order valence-electron chi connectivity index (χ2n) is 5.71. The number of hydrogen-bond donors (Lipinski definition) is 2. The number of pyridine rings is 1. The number of nitrogens with one attached hydrogen (secondary N) is 2. The molecule has 0 radical (unpaired) electrons. The maximum atomic E-state index is 13.2. The zero-order chi connectivity index (χ0) is 17.2. The lowest BCUT2D eigenvalue weighted by Gasteiger charge is -2.15. The van der Waals surface area contributed by atoms with Gasteiger partial charge in [-0.25, -0.2) is 8.78 Å². The molecule has 7 heteroatoms. The Morgan fingerprint density at radius 1 is 1.12 bits per heavy atom. The van der Waals surface area contributed by atoms with E-state index in [9.17, 15) is 18.4 Å². The van der Waals surface area contributed by atoms with Gasteiger partial charge in [-0.2, -0.15) is 0 Å². The van der Waals surface area contributed by atoms with Gasteiger partial charge in [-0.3, -0.25) is 14.6 Å². The van der Waals surface area contributed by atoms with Gasteiger partial charge in [-0.05, 0) is 36.6 Å². The lowest BCUT2D eigenvalue weighted by atomic mass is 10.0. The van der Waals surface area contributed by atoms with Gasteiger partial charge < -0.3 is 10.6 Å². The molecule has 1 aromatic carbocycles. The van der Waals surface area contributed by atoms with Crippen LogP contribution in [-0.4, -0.2) is 16.8 Å². The smallest absolute Gasteiger partial charge is 0.240 e. The SMILES string of the molecule is O=C(NCc1cccnc1)C1(C(=O)Nc2ccc(F)c(F)c2)CC1. The number of rotatable bonds is 5. The van der Waals surface area contributed by atoms with Crippen molar-refractivity contribution in [2.45, 2.75) is 19.4 Å². The molecule has 5 nitrogen and oxygen atoms in total. The monoisotopic (exact) mass is 331 g/mol. The number of benzene rings is 1. The second-order valence-corrected chi connectivity index (χ2v) is 5.71. The molecule has 0 saturated heterocycles. The van der Waals surface area contributed by atoms with Crippen LogP contribution in [0.5, 0.6) is 0 Å². The van der Waals surface area contributed by atoms with Gasteiger partial charge in [0, 0.05) is 30.7 Å². The van der Waals surface area contributed by atoms with E-state index in [-0.39, 0.29) is 18.1 Å². The Kier molecular flexibility index (Phi) is 4.24. The average molecular weight is 331 g/mol. The largest absolute Gasteiger partial charge is 0.351 e. The molecule has 1 fully saturated rings. The van der Waals surface area contributed by atoms with Crippen molar-refractivity contribution in [1.29, 1.82) is 0 Å². The summed E-state index contributed by atoms with van der Waals surface area (Å²) in [6.07, 6.45) is 4.09. The molecular formula is C17H15F2N3O2. The molecule has 0 unspecified atom stereocenters. The first kappa shape index (κ1) is 16.0. The third kappa shape index (κ3) is 3.24. The molecule has 0 spiro atoms. The highest BCUT2D eigenvalue weighted by molar-refractivity contribution is 6.13. The highest BCUT2D eigenvalue weighted by Crippen LogP contribution is 2.46. The number of carbonyl (C=O) groups is 2. The van der Waals surface area contributed by atoms with Crippen LogP contribution in [0.25, 0.3) is 0 Å². The number of anilines is 1. The van der Waals surface area contributed by atoms with E-state index in [2.05, 4.69) is 15.6 Å². The first-order valence-electron chi connectivity index (χ1n) is 7.45. The molecule has 0 aliphatic heterocycles. The van der Waals surface area contributed by atoms with Crippen molar-refractivity contribution in [1.82, 2.24) is 10.3 Å². The number of aromatic nitrogens is 1. The number of nitrogens with zero attached hydrogens (tertiary/aromatic N) is 1. The van der Waals surface area contributed by atoms with E-state index in [4.69, 9.17) is 0 Å². The van der Waals surface area contributed by atoms with E-state index >= 15 is 0 Å². The third-order valence-electron chi connectivity index (χ3n) is 3.97. The Hall–Kier alpha value is -2.83. The normalized spacial score (nSPS) is 14.8. The second kappa shape index (κ2) is 6.35. The minimum Gasteiger partial charge on any atom is -0.351 e. The minimum atomic E-state index is -1.15. The maximum absolute atomic E-state index is 13.2. The predicted octanol–water partition coefficient (Wildman–Crippen LogP) is 2.39. The van der Waals surface area contributed by atoms with E-state index in [1.165, 1.54) is 6.07 Å². The first-order chi connectivity index (χ1) is 11.5. The molecule has 1 saturated carbocycles. The van der Waals surface area contributed by atoms with Crippen LogP contribution >= 0.6 is 0 Å². The van der Waals surface area contributed by atoms with E-state index in [1.807, 2.05) is 6.07 Å². The molecule has 1 heterocycles. The summed E-state index contributed by atoms with van der Waals surface area (Å²) in [5, 5.41) is 5.19. The first-order valence-corrected chi connectivity index (χ1v) is 7.45. The summed E-state index contributed by atoms with van der Waals surface area (Å²) in [5.41, 5.74) is -0.208. The van der Waals surface area contributed by atoms with Gasteiger partial charge in [0.05, 0.1) is 0 Å². The molecule has 3 rings (SSSR count). The van der Waals surface area contributed by atoms with E-state index in [1.54, 1.807) is 18.5 Å². The summed E-state index contributed by atoms with van der Waals surface area (Å²) < 4.78 is 26.1. The fourth-order valence-corrected chi connectivity index (χ4v) is 2.36. The van der Waals surface area contributed by atoms with Gasteiger partial charge in [0.15, 0.2) is 11.6 Å². The predicted molar refractivity (Wildman–Crippen MR) is 82.7 cm³/mol. The maximum Gasteiger partial charge on any atom is 0.240 e. The van der Waals surface area contributed by atoms with Crippen LogP contribution in [0, 0.1) is 17.0 Å². The molecule has 124 valence electrons. The van der Waals surface area contributed by atoms with Crippen molar-refractivity contribution in [2.24, 2.45) is 5.41 Å². The summed E-state index contributed by atoms with van der Waals surface area (Å²) in [5.74, 6) is -2.95. The van der Waals surface area contributed by atoms with Crippen LogP contribution in [0.2, 0.25) is 0 Å². The molecule has 1 aliphatic rings. The highest BCUT2D eigenvalue weighted by Gasteiger charge is 2.56. The van der Waals surface area contributed by atoms with Crippen molar-refractivity contribution in [3.05, 3.63) is 59.9 Å². The Labute approximate surface area is 137 Å². The zero-order valence-corrected chi connectivity index (χ0v) is 12.7. The van der Waals surface area contributed by atoms with Gasteiger partial charge >= 0.3 is 0 Å². The number of amides is 2. The van der Waals surface area contributed by atoms with Gasteiger partial charge in [-0.1, -0.05) is 6.07 Å². The molecule has 2 amide bonds. The average Bonchev–Trinajstić information content (AvgIpc) is 3.39. The van der Waals surface area contributed by atoms with E-state index in [0.29, 0.717) is 12.8 Å². The molecule has 2 N–H and O–H groups in total. The van der Waals surface area contributed by atoms with Crippen LogP contribution in [0.15, 0.2) is 42.7 Å². The van der Waals surface area contributed by atoms with Gasteiger partial charge in [-0.15, -0.1) is 0 Å². The molecule has 0 bridgehead atoms. The topological polar surface area (TPSA) is 71.1 Å². The molecule has 24 heavy (non-hydrogen) atoms. The zero-order valence-electron chi connectivity index (χ0n) is 12.7. The summed E-state index contributed by atoms with van der Waals surface area (Å²) in [6, 6.07) is 6.63. The Balaban J connectivity index is 1.63. The molecular weight excluding hydrogens is 316 g/mol. The van der Waals surface area contributed by atoms with E-state index < -0.39 is 23.0 Å². The summed E-state index contributed by atoms with van der Waals surface area (Å²) in [6.45, 7) is 0.271. The standard InChI is InChI=1S/C17H15F2N3O2/c18-13-4-3-12(8-14(13)19)22-16(24)17(5-6-17)15(23)21-10-11-2-1-7-20-9-11/h1-4,7-9H,5-6,10H2,(H,21,23)(H,22,24). The molecule has 1 aliphatic carbocycles. The van der Waals surface area contributed by atoms with Crippen molar-refractivity contribution < 1.29 is 18.4 Å². The molecule has 2 aromatic rings. The summed E-state index contributed by atoms with van der Waals surface area (Å²) >= 11 is 0. The van der Waals surface area contributed by atoms with Crippen LogP contribution in [0.3, 0.4) is 0 Å². The number of halogens is 2. The van der Waals surface area contributed by atoms with Crippen LogP contribution in [0.1, 0.15) is 18.4 Å². The fraction of sp³-hybridized carbons (Fsp3) is 0.235. The Morgan fingerprint density at radius 3 is 2.54 bits per heavy atom. The lowest BCUT2D eigenvalue weighted by Crippen LogP contribution is -2.39. The minimum absolute atomic E-state index is 0.116. The highest BCUT2D eigenvalue weighted by atomic mass is 19.2. The fourth-order valence-electron chi connectivity index (χ4n) is 2.36. The van der Waals surface area contributed by atoms with Gasteiger partial charge in [0.1, 0.15) is 5.41 Å².